The molecule has 8 heteroatoms. The van der Waals surface area contributed by atoms with Crippen LogP contribution in [0.5, 0.6) is 0 Å². The van der Waals surface area contributed by atoms with Crippen molar-refractivity contribution in [3.8, 4) is 0 Å². The number of aryl methyl sites for hydroxylation is 3. The smallest absolute Gasteiger partial charge is 0.349 e. The maximum atomic E-state index is 12.7. The first-order chi connectivity index (χ1) is 14.1. The molecule has 3 aromatic rings. The van der Waals surface area contributed by atoms with Gasteiger partial charge in [0.2, 0.25) is 5.78 Å². The highest BCUT2D eigenvalue weighted by atomic mass is 32.1. The number of nitrogens with one attached hydrogen (secondary N) is 1. The molecule has 0 spiro atoms. The molecule has 3 aromatic heterocycles. The third kappa shape index (κ3) is 4.23. The number of aromatic nitrogens is 3. The van der Waals surface area contributed by atoms with E-state index in [2.05, 4.69) is 28.4 Å². The molecule has 0 saturated heterocycles. The van der Waals surface area contributed by atoms with E-state index in [1.54, 1.807) is 13.8 Å². The molecular weight excluding hydrogens is 402 g/mol. The van der Waals surface area contributed by atoms with Gasteiger partial charge in [0.05, 0.1) is 5.39 Å². The van der Waals surface area contributed by atoms with E-state index in [1.165, 1.54) is 0 Å². The zero-order valence-electron chi connectivity index (χ0n) is 18.2. The molecule has 0 atom stereocenters. The number of rotatable bonds is 7. The maximum Gasteiger partial charge on any atom is 0.349 e. The number of ketones is 1. The Hall–Kier alpha value is -2.74. The Balaban J connectivity index is 1.75. The second-order valence-corrected chi connectivity index (χ2v) is 9.01. The topological polar surface area (TPSA) is 94.0 Å². The number of H-pyrrole nitrogens is 1. The molecule has 0 radical (unpaired) electrons. The average molecular weight is 430 g/mol. The number of Topliss-reactive ketones (excluding diaryl/α,β-unsaturated/α-hetero) is 1. The average Bonchev–Trinajstić information content (AvgIpc) is 3.14. The van der Waals surface area contributed by atoms with E-state index < -0.39 is 5.97 Å². The Labute approximate surface area is 179 Å². The van der Waals surface area contributed by atoms with E-state index in [-0.39, 0.29) is 17.9 Å². The number of hydrogen-bond acceptors (Lipinski definition) is 6. The minimum absolute atomic E-state index is 0.238. The number of carbonyl (C=O) groups excluding carboxylic acids is 2. The van der Waals surface area contributed by atoms with Crippen molar-refractivity contribution >= 4 is 33.3 Å². The number of carbonyl (C=O) groups is 2. The first-order valence-corrected chi connectivity index (χ1v) is 10.8. The second kappa shape index (κ2) is 8.55. The summed E-state index contributed by atoms with van der Waals surface area (Å²) in [4.78, 5) is 45.2. The Kier molecular flexibility index (Phi) is 6.26. The number of thiophene rings is 1. The summed E-state index contributed by atoms with van der Waals surface area (Å²) in [6, 6.07) is 1.85. The van der Waals surface area contributed by atoms with E-state index in [4.69, 9.17) is 4.74 Å². The maximum absolute atomic E-state index is 12.7. The molecule has 0 aliphatic carbocycles. The van der Waals surface area contributed by atoms with Gasteiger partial charge in [-0.3, -0.25) is 9.59 Å². The third-order valence-electron chi connectivity index (χ3n) is 5.24. The van der Waals surface area contributed by atoms with Crippen LogP contribution in [0.15, 0.2) is 10.9 Å². The van der Waals surface area contributed by atoms with Gasteiger partial charge in [-0.05, 0) is 51.7 Å². The van der Waals surface area contributed by atoms with Crippen molar-refractivity contribution in [2.24, 2.45) is 5.92 Å². The van der Waals surface area contributed by atoms with Crippen molar-refractivity contribution in [2.45, 2.75) is 54.5 Å². The lowest BCUT2D eigenvalue weighted by atomic mass is 10.1. The lowest BCUT2D eigenvalue weighted by molar-refractivity contribution is 0.0479. The molecular formula is C22H27N3O4S. The van der Waals surface area contributed by atoms with E-state index in [0.717, 1.165) is 35.7 Å². The van der Waals surface area contributed by atoms with Crippen LogP contribution in [-0.4, -0.2) is 32.9 Å². The fraction of sp³-hybridized carbons (Fsp3) is 0.455. The van der Waals surface area contributed by atoms with Crippen LogP contribution >= 0.6 is 11.3 Å². The molecule has 0 aliphatic heterocycles. The zero-order chi connectivity index (χ0) is 22.2. The minimum Gasteiger partial charge on any atom is -0.453 e. The predicted molar refractivity (Wildman–Crippen MR) is 118 cm³/mol. The highest BCUT2D eigenvalue weighted by Gasteiger charge is 2.22. The molecule has 0 aromatic carbocycles. The van der Waals surface area contributed by atoms with Gasteiger partial charge >= 0.3 is 5.97 Å². The van der Waals surface area contributed by atoms with Crippen LogP contribution in [0.2, 0.25) is 0 Å². The highest BCUT2D eigenvalue weighted by molar-refractivity contribution is 7.20. The molecule has 0 aliphatic rings. The van der Waals surface area contributed by atoms with E-state index in [0.29, 0.717) is 38.0 Å². The second-order valence-electron chi connectivity index (χ2n) is 8.01. The van der Waals surface area contributed by atoms with E-state index in [1.807, 2.05) is 19.9 Å². The number of aromatic amines is 1. The zero-order valence-corrected chi connectivity index (χ0v) is 19.0. The summed E-state index contributed by atoms with van der Waals surface area (Å²) in [6.07, 6.45) is 1.02. The summed E-state index contributed by atoms with van der Waals surface area (Å²) in [7, 11) is 0. The quantitative estimate of drug-likeness (QED) is 0.451. The number of nitrogens with zero attached hydrogens (tertiary/aromatic N) is 2. The van der Waals surface area contributed by atoms with E-state index in [9.17, 15) is 14.4 Å². The standard InChI is InChI=1S/C22H27N3O4S/c1-11(2)7-8-25-12(3)9-16(14(25)5)17(26)10-29-22(28)19-13(4)18-20(27)23-15(6)24-21(18)30-19/h9,11H,7-8,10H2,1-6H3,(H,23,24,27). The molecule has 160 valence electrons. The number of ether oxygens (including phenoxy) is 1. The fourth-order valence-corrected chi connectivity index (χ4v) is 4.66. The fourth-order valence-electron chi connectivity index (χ4n) is 3.54. The first kappa shape index (κ1) is 22.0. The molecule has 7 nitrogen and oxygen atoms in total. The van der Waals surface area contributed by atoms with Crippen LogP contribution in [0, 0.1) is 33.6 Å². The summed E-state index contributed by atoms with van der Waals surface area (Å²) in [5.74, 6) is 0.199. The molecule has 0 unspecified atom stereocenters. The van der Waals surface area contributed by atoms with Crippen molar-refractivity contribution < 1.29 is 14.3 Å². The molecule has 30 heavy (non-hydrogen) atoms. The number of esters is 1. The number of fused-ring (bicyclic) bond motifs is 1. The van der Waals surface area contributed by atoms with Crippen LogP contribution < -0.4 is 5.56 Å². The summed E-state index contributed by atoms with van der Waals surface area (Å²) in [5, 5.41) is 0.387. The van der Waals surface area contributed by atoms with Crippen molar-refractivity contribution in [2.75, 3.05) is 6.61 Å². The van der Waals surface area contributed by atoms with Gasteiger partial charge in [0.1, 0.15) is 15.5 Å². The molecule has 0 bridgehead atoms. The predicted octanol–water partition coefficient (Wildman–Crippen LogP) is 4.11. The summed E-state index contributed by atoms with van der Waals surface area (Å²) < 4.78 is 7.43. The third-order valence-corrected chi connectivity index (χ3v) is 6.41. The Morgan fingerprint density at radius 1 is 1.23 bits per heavy atom. The van der Waals surface area contributed by atoms with Gasteiger partial charge in [-0.1, -0.05) is 13.8 Å². The van der Waals surface area contributed by atoms with Gasteiger partial charge in [-0.15, -0.1) is 11.3 Å². The molecule has 1 N–H and O–H groups in total. The summed E-state index contributed by atoms with van der Waals surface area (Å²) >= 11 is 1.11. The molecule has 0 fully saturated rings. The van der Waals surface area contributed by atoms with Crippen LogP contribution in [0.3, 0.4) is 0 Å². The Morgan fingerprint density at radius 2 is 1.93 bits per heavy atom. The van der Waals surface area contributed by atoms with Crippen molar-refractivity contribution in [3.63, 3.8) is 0 Å². The van der Waals surface area contributed by atoms with Gasteiger partial charge < -0.3 is 14.3 Å². The normalized spacial score (nSPS) is 11.4. The molecule has 0 saturated carbocycles. The van der Waals surface area contributed by atoms with Gasteiger partial charge in [0.15, 0.2) is 6.61 Å². The Morgan fingerprint density at radius 3 is 2.60 bits per heavy atom. The lowest BCUT2D eigenvalue weighted by Crippen LogP contribution is -2.15. The summed E-state index contributed by atoms with van der Waals surface area (Å²) in [5.41, 5.74) is 2.72. The molecule has 3 rings (SSSR count). The van der Waals surface area contributed by atoms with Crippen LogP contribution in [0.1, 0.15) is 63.1 Å². The SMILES string of the molecule is Cc1nc2sc(C(=O)OCC(=O)c3cc(C)n(CCC(C)C)c3C)c(C)c2c(=O)[nH]1. The van der Waals surface area contributed by atoms with E-state index >= 15 is 0 Å². The molecule has 0 amide bonds. The van der Waals surface area contributed by atoms with Gasteiger partial charge in [-0.25, -0.2) is 9.78 Å². The van der Waals surface area contributed by atoms with Crippen molar-refractivity contribution in [1.82, 2.24) is 14.5 Å². The Bertz CT molecular complexity index is 1180. The van der Waals surface area contributed by atoms with Crippen LogP contribution in [0.25, 0.3) is 10.2 Å². The highest BCUT2D eigenvalue weighted by Crippen LogP contribution is 2.27. The monoisotopic (exact) mass is 429 g/mol. The van der Waals surface area contributed by atoms with Gasteiger partial charge in [0.25, 0.3) is 5.56 Å². The summed E-state index contributed by atoms with van der Waals surface area (Å²) in [6.45, 7) is 12.1. The van der Waals surface area contributed by atoms with Crippen LogP contribution in [-0.2, 0) is 11.3 Å². The largest absolute Gasteiger partial charge is 0.453 e. The van der Waals surface area contributed by atoms with Gasteiger partial charge in [0, 0.05) is 23.5 Å². The first-order valence-electron chi connectivity index (χ1n) is 9.97. The van der Waals surface area contributed by atoms with Crippen LogP contribution in [0.4, 0.5) is 0 Å². The van der Waals surface area contributed by atoms with Gasteiger partial charge in [-0.2, -0.15) is 0 Å². The van der Waals surface area contributed by atoms with Crippen molar-refractivity contribution in [1.29, 1.82) is 0 Å². The van der Waals surface area contributed by atoms with Crippen molar-refractivity contribution in [3.05, 3.63) is 49.6 Å². The molecule has 3 heterocycles. The minimum atomic E-state index is -0.616. The lowest BCUT2D eigenvalue weighted by Gasteiger charge is -2.11. The number of hydrogen-bond donors (Lipinski definition) is 1.